The van der Waals surface area contributed by atoms with Crippen LogP contribution < -0.4 is 21.3 Å². The van der Waals surface area contributed by atoms with Crippen LogP contribution in [0.5, 0.6) is 0 Å². The highest BCUT2D eigenvalue weighted by Gasteiger charge is 2.10. The summed E-state index contributed by atoms with van der Waals surface area (Å²) in [6, 6.07) is 16.1. The molecule has 0 aliphatic heterocycles. The molecule has 0 aliphatic carbocycles. The van der Waals surface area contributed by atoms with Crippen molar-refractivity contribution in [2.24, 2.45) is 0 Å². The maximum atomic E-state index is 12.4. The number of urea groups is 1. The van der Waals surface area contributed by atoms with Crippen LogP contribution in [-0.2, 0) is 0 Å². The molecule has 4 N–H and O–H groups in total. The van der Waals surface area contributed by atoms with E-state index in [0.717, 1.165) is 0 Å². The molecule has 28 heavy (non-hydrogen) atoms. The second kappa shape index (κ2) is 8.54. The van der Waals surface area contributed by atoms with Crippen LogP contribution in [0.25, 0.3) is 0 Å². The van der Waals surface area contributed by atoms with Crippen molar-refractivity contribution in [1.29, 1.82) is 0 Å². The van der Waals surface area contributed by atoms with E-state index in [2.05, 4.69) is 21.3 Å². The molecule has 1 heterocycles. The Hall–Kier alpha value is -4.07. The number of hydrogen-bond donors (Lipinski definition) is 4. The molecule has 0 radical (unpaired) electrons. The second-order valence-electron chi connectivity index (χ2n) is 5.74. The van der Waals surface area contributed by atoms with Crippen molar-refractivity contribution < 1.29 is 18.8 Å². The van der Waals surface area contributed by atoms with Crippen molar-refractivity contribution in [1.82, 2.24) is 5.32 Å². The van der Waals surface area contributed by atoms with E-state index in [1.54, 1.807) is 60.7 Å². The van der Waals surface area contributed by atoms with Crippen LogP contribution in [0.1, 0.15) is 20.9 Å². The molecule has 4 amide bonds. The summed E-state index contributed by atoms with van der Waals surface area (Å²) in [6.45, 7) is 0. The number of rotatable bonds is 5. The lowest BCUT2D eigenvalue weighted by Crippen LogP contribution is -2.24. The molecule has 142 valence electrons. The highest BCUT2D eigenvalue weighted by Crippen LogP contribution is 2.16. The Kier molecular flexibility index (Phi) is 5.71. The maximum Gasteiger partial charge on any atom is 0.318 e. The van der Waals surface area contributed by atoms with Gasteiger partial charge in [0.15, 0.2) is 5.76 Å². The third-order valence-corrected chi connectivity index (χ3v) is 3.78. The minimum Gasteiger partial charge on any atom is -0.459 e. The lowest BCUT2D eigenvalue weighted by molar-refractivity contribution is 0.0995. The lowest BCUT2D eigenvalue weighted by atomic mass is 10.2. The first-order valence-electron chi connectivity index (χ1n) is 8.40. The number of benzene rings is 2. The van der Waals surface area contributed by atoms with Crippen LogP contribution in [0.3, 0.4) is 0 Å². The summed E-state index contributed by atoms with van der Waals surface area (Å²) in [4.78, 5) is 35.6. The first-order chi connectivity index (χ1) is 13.5. The quantitative estimate of drug-likeness (QED) is 0.544. The average Bonchev–Trinajstić information content (AvgIpc) is 3.25. The normalized spacial score (nSPS) is 10.0. The summed E-state index contributed by atoms with van der Waals surface area (Å²) in [6.07, 6.45) is 1.42. The number of hydrogen-bond acceptors (Lipinski definition) is 4. The molecule has 8 heteroatoms. The average molecular weight is 378 g/mol. The van der Waals surface area contributed by atoms with E-state index >= 15 is 0 Å². The van der Waals surface area contributed by atoms with Gasteiger partial charge in [0.25, 0.3) is 11.8 Å². The number of furan rings is 1. The molecule has 0 spiro atoms. The van der Waals surface area contributed by atoms with Gasteiger partial charge in [-0.3, -0.25) is 9.59 Å². The van der Waals surface area contributed by atoms with E-state index in [1.165, 1.54) is 13.3 Å². The van der Waals surface area contributed by atoms with Gasteiger partial charge in [0, 0.05) is 29.7 Å². The Bertz CT molecular complexity index is 964. The topological polar surface area (TPSA) is 112 Å². The summed E-state index contributed by atoms with van der Waals surface area (Å²) in [5.41, 5.74) is 2.17. The summed E-state index contributed by atoms with van der Waals surface area (Å²) in [7, 11) is 1.53. The Balaban J connectivity index is 1.58. The fourth-order valence-electron chi connectivity index (χ4n) is 2.34. The van der Waals surface area contributed by atoms with Gasteiger partial charge in [0.1, 0.15) is 0 Å². The molecule has 0 atom stereocenters. The molecule has 1 aromatic heterocycles. The van der Waals surface area contributed by atoms with Crippen molar-refractivity contribution in [3.05, 3.63) is 78.3 Å². The van der Waals surface area contributed by atoms with Gasteiger partial charge in [0.2, 0.25) is 0 Å². The van der Waals surface area contributed by atoms with Crippen LogP contribution in [0, 0.1) is 0 Å². The van der Waals surface area contributed by atoms with Crippen LogP contribution in [0.4, 0.5) is 21.9 Å². The van der Waals surface area contributed by atoms with Crippen molar-refractivity contribution >= 4 is 34.9 Å². The zero-order valence-corrected chi connectivity index (χ0v) is 15.0. The zero-order chi connectivity index (χ0) is 19.9. The van der Waals surface area contributed by atoms with Crippen LogP contribution >= 0.6 is 0 Å². The summed E-state index contributed by atoms with van der Waals surface area (Å²) in [5, 5.41) is 10.5. The van der Waals surface area contributed by atoms with Gasteiger partial charge in [-0.25, -0.2) is 4.79 Å². The first-order valence-corrected chi connectivity index (χ1v) is 8.40. The van der Waals surface area contributed by atoms with Crippen molar-refractivity contribution in [2.75, 3.05) is 23.0 Å². The van der Waals surface area contributed by atoms with Crippen molar-refractivity contribution in [3.63, 3.8) is 0 Å². The fourth-order valence-corrected chi connectivity index (χ4v) is 2.34. The molecule has 0 fully saturated rings. The molecule has 3 aromatic rings. The minimum absolute atomic E-state index is 0.205. The standard InChI is InChI=1S/C20H18N4O4/c1-21-20(27)24-16-10-8-15(9-11-16)22-18(25)13-4-6-14(7-5-13)23-19(26)17-3-2-12-28-17/h2-12H,1H3,(H,22,25)(H,23,26)(H2,21,24,27). The summed E-state index contributed by atoms with van der Waals surface area (Å²) >= 11 is 0. The van der Waals surface area contributed by atoms with Gasteiger partial charge in [-0.2, -0.15) is 0 Å². The van der Waals surface area contributed by atoms with Gasteiger partial charge in [-0.05, 0) is 60.7 Å². The minimum atomic E-state index is -0.368. The van der Waals surface area contributed by atoms with E-state index in [4.69, 9.17) is 4.42 Å². The molecule has 3 rings (SSSR count). The van der Waals surface area contributed by atoms with Gasteiger partial charge >= 0.3 is 6.03 Å². The predicted molar refractivity (Wildman–Crippen MR) is 106 cm³/mol. The number of nitrogens with one attached hydrogen (secondary N) is 4. The molecule has 2 aromatic carbocycles. The Morgan fingerprint density at radius 3 is 1.79 bits per heavy atom. The third-order valence-electron chi connectivity index (χ3n) is 3.78. The van der Waals surface area contributed by atoms with E-state index < -0.39 is 0 Å². The lowest BCUT2D eigenvalue weighted by Gasteiger charge is -2.08. The number of carbonyl (C=O) groups excluding carboxylic acids is 3. The summed E-state index contributed by atoms with van der Waals surface area (Å²) < 4.78 is 5.03. The largest absolute Gasteiger partial charge is 0.459 e. The SMILES string of the molecule is CNC(=O)Nc1ccc(NC(=O)c2ccc(NC(=O)c3ccco3)cc2)cc1. The molecule has 0 saturated heterocycles. The highest BCUT2D eigenvalue weighted by atomic mass is 16.3. The first kappa shape index (κ1) is 18.7. The van der Waals surface area contributed by atoms with E-state index in [9.17, 15) is 14.4 Å². The molecule has 0 bridgehead atoms. The van der Waals surface area contributed by atoms with E-state index in [-0.39, 0.29) is 23.6 Å². The van der Waals surface area contributed by atoms with Crippen molar-refractivity contribution in [3.8, 4) is 0 Å². The van der Waals surface area contributed by atoms with Gasteiger partial charge in [0.05, 0.1) is 6.26 Å². The molecule has 8 nitrogen and oxygen atoms in total. The van der Waals surface area contributed by atoms with Crippen LogP contribution in [0.15, 0.2) is 71.3 Å². The predicted octanol–water partition coefficient (Wildman–Crippen LogP) is 3.54. The Labute approximate surface area is 160 Å². The monoisotopic (exact) mass is 378 g/mol. The Morgan fingerprint density at radius 2 is 1.25 bits per heavy atom. The fraction of sp³-hybridized carbons (Fsp3) is 0.0500. The molecular weight excluding hydrogens is 360 g/mol. The van der Waals surface area contributed by atoms with Gasteiger partial charge in [-0.1, -0.05) is 0 Å². The maximum absolute atomic E-state index is 12.4. The smallest absolute Gasteiger partial charge is 0.318 e. The van der Waals surface area contributed by atoms with E-state index in [0.29, 0.717) is 22.6 Å². The van der Waals surface area contributed by atoms with Gasteiger partial charge in [-0.15, -0.1) is 0 Å². The molecule has 0 saturated carbocycles. The zero-order valence-electron chi connectivity index (χ0n) is 15.0. The number of carbonyl (C=O) groups is 3. The summed E-state index contributed by atoms with van der Waals surface area (Å²) in [5.74, 6) is -0.459. The number of amides is 4. The third kappa shape index (κ3) is 4.76. The van der Waals surface area contributed by atoms with Gasteiger partial charge < -0.3 is 25.7 Å². The molecule has 0 aliphatic rings. The molecule has 0 unspecified atom stereocenters. The Morgan fingerprint density at radius 1 is 0.714 bits per heavy atom. The van der Waals surface area contributed by atoms with E-state index in [1.807, 2.05) is 0 Å². The number of anilines is 3. The van der Waals surface area contributed by atoms with Crippen LogP contribution in [-0.4, -0.2) is 24.9 Å². The highest BCUT2D eigenvalue weighted by molar-refractivity contribution is 6.05. The van der Waals surface area contributed by atoms with Crippen molar-refractivity contribution in [2.45, 2.75) is 0 Å². The van der Waals surface area contributed by atoms with Crippen LogP contribution in [0.2, 0.25) is 0 Å². The second-order valence-corrected chi connectivity index (χ2v) is 5.74. The molecular formula is C20H18N4O4.